The maximum absolute atomic E-state index is 5.42. The van der Waals surface area contributed by atoms with E-state index < -0.39 is 0 Å². The zero-order valence-electron chi connectivity index (χ0n) is 23.8. The highest BCUT2D eigenvalue weighted by Gasteiger charge is 2.28. The van der Waals surface area contributed by atoms with Crippen molar-refractivity contribution in [3.8, 4) is 11.1 Å². The lowest BCUT2D eigenvalue weighted by molar-refractivity contribution is 0.718. The normalized spacial score (nSPS) is 17.6. The molecule has 206 valence electrons. The number of rotatable bonds is 2. The Bertz CT molecular complexity index is 2270. The van der Waals surface area contributed by atoms with Crippen molar-refractivity contribution in [3.05, 3.63) is 144 Å². The van der Waals surface area contributed by atoms with E-state index in [1.807, 2.05) is 11.3 Å². The summed E-state index contributed by atoms with van der Waals surface area (Å²) in [6.45, 7) is 2.30. The van der Waals surface area contributed by atoms with Gasteiger partial charge in [-0.2, -0.15) is 0 Å². The highest BCUT2D eigenvalue weighted by molar-refractivity contribution is 7.25. The van der Waals surface area contributed by atoms with Crippen molar-refractivity contribution in [1.29, 1.82) is 0 Å². The summed E-state index contributed by atoms with van der Waals surface area (Å²) in [6.07, 6.45) is 5.66. The summed E-state index contributed by atoms with van der Waals surface area (Å²) in [5.41, 5.74) is 9.76. The average molecular weight is 572 g/mol. The molecule has 0 saturated carbocycles. The molecule has 0 radical (unpaired) electrons. The maximum Gasteiger partial charge on any atom is 0.208 e. The first kappa shape index (κ1) is 24.6. The van der Waals surface area contributed by atoms with Crippen LogP contribution in [0, 0.1) is 5.92 Å². The summed E-state index contributed by atoms with van der Waals surface area (Å²) in [6, 6.07) is 41.7. The van der Waals surface area contributed by atoms with Crippen LogP contribution in [0.5, 0.6) is 0 Å². The zero-order chi connectivity index (χ0) is 28.5. The van der Waals surface area contributed by atoms with E-state index in [0.29, 0.717) is 5.92 Å². The van der Waals surface area contributed by atoms with Crippen molar-refractivity contribution >= 4 is 60.1 Å². The van der Waals surface area contributed by atoms with Crippen molar-refractivity contribution in [1.82, 2.24) is 4.57 Å². The molecule has 3 nitrogen and oxygen atoms in total. The molecule has 1 aliphatic carbocycles. The number of allylic oxidation sites excluding steroid dienone is 1. The third-order valence-electron chi connectivity index (χ3n) is 9.01. The van der Waals surface area contributed by atoms with E-state index in [9.17, 15) is 0 Å². The quantitative estimate of drug-likeness (QED) is 0.220. The van der Waals surface area contributed by atoms with Crippen LogP contribution in [0.15, 0.2) is 126 Å². The maximum atomic E-state index is 5.42. The molecule has 0 saturated heterocycles. The molecule has 4 heteroatoms. The first-order valence-corrected chi connectivity index (χ1v) is 15.8. The Balaban J connectivity index is 1.26. The van der Waals surface area contributed by atoms with Gasteiger partial charge < -0.3 is 5.32 Å². The Morgan fingerprint density at radius 1 is 0.744 bits per heavy atom. The van der Waals surface area contributed by atoms with Gasteiger partial charge in [-0.15, -0.1) is 11.3 Å². The second kappa shape index (κ2) is 9.55. The Kier molecular flexibility index (Phi) is 5.47. The molecule has 0 fully saturated rings. The molecule has 43 heavy (non-hydrogen) atoms. The Labute approximate surface area is 254 Å². The van der Waals surface area contributed by atoms with E-state index in [1.54, 1.807) is 0 Å². The summed E-state index contributed by atoms with van der Waals surface area (Å²) in [5.74, 6) is 1.37. The number of anilines is 1. The molecule has 0 amide bonds. The first-order valence-electron chi connectivity index (χ1n) is 15.0. The fraction of sp³-hybridized carbons (Fsp3) is 0.103. The highest BCUT2D eigenvalue weighted by atomic mass is 32.1. The van der Waals surface area contributed by atoms with E-state index in [4.69, 9.17) is 4.99 Å². The summed E-state index contributed by atoms with van der Waals surface area (Å²) in [7, 11) is 0. The SMILES string of the molecule is CC1C=Cc2c(c3ccc(-c4ccc5sc6ccccc6c5c4)cc3n2C2=NC(c3ccccc3)c3ccccc3N2)C1. The molecule has 0 spiro atoms. The predicted molar refractivity (Wildman–Crippen MR) is 183 cm³/mol. The fourth-order valence-corrected chi connectivity index (χ4v) is 8.01. The van der Waals surface area contributed by atoms with Gasteiger partial charge in [-0.1, -0.05) is 97.9 Å². The molecule has 9 rings (SSSR count). The van der Waals surface area contributed by atoms with Crippen molar-refractivity contribution in [2.45, 2.75) is 19.4 Å². The van der Waals surface area contributed by atoms with Gasteiger partial charge >= 0.3 is 0 Å². The molecule has 2 aromatic heterocycles. The predicted octanol–water partition coefficient (Wildman–Crippen LogP) is 10.3. The zero-order valence-corrected chi connectivity index (χ0v) is 24.6. The second-order valence-corrected chi connectivity index (χ2v) is 12.8. The molecular formula is C39H29N3S. The fourth-order valence-electron chi connectivity index (χ4n) is 6.92. The lowest BCUT2D eigenvalue weighted by Crippen LogP contribution is -2.28. The number of aromatic nitrogens is 1. The second-order valence-electron chi connectivity index (χ2n) is 11.8. The van der Waals surface area contributed by atoms with Crippen molar-refractivity contribution < 1.29 is 0 Å². The summed E-state index contributed by atoms with van der Waals surface area (Å²) in [5, 5.41) is 7.69. The van der Waals surface area contributed by atoms with Gasteiger partial charge in [0.25, 0.3) is 0 Å². The smallest absolute Gasteiger partial charge is 0.208 e. The van der Waals surface area contributed by atoms with Gasteiger partial charge in [0.05, 0.1) is 11.2 Å². The lowest BCUT2D eigenvalue weighted by Gasteiger charge is -2.27. The van der Waals surface area contributed by atoms with Gasteiger partial charge in [0.1, 0.15) is 6.04 Å². The van der Waals surface area contributed by atoms with Crippen LogP contribution >= 0.6 is 11.3 Å². The average Bonchev–Trinajstić information content (AvgIpc) is 3.59. The van der Waals surface area contributed by atoms with Gasteiger partial charge in [-0.25, -0.2) is 4.99 Å². The first-order chi connectivity index (χ1) is 21.2. The van der Waals surface area contributed by atoms with Crippen LogP contribution in [-0.4, -0.2) is 10.5 Å². The number of benzene rings is 5. The topological polar surface area (TPSA) is 29.3 Å². The molecule has 2 atom stereocenters. The summed E-state index contributed by atoms with van der Waals surface area (Å²) < 4.78 is 5.03. The highest BCUT2D eigenvalue weighted by Crippen LogP contribution is 2.41. The van der Waals surface area contributed by atoms with Gasteiger partial charge in [0, 0.05) is 36.8 Å². The minimum absolute atomic E-state index is 0.0781. The third-order valence-corrected chi connectivity index (χ3v) is 10.2. The molecule has 1 N–H and O–H groups in total. The van der Waals surface area contributed by atoms with Crippen LogP contribution in [0.4, 0.5) is 5.69 Å². The molecule has 3 heterocycles. The van der Waals surface area contributed by atoms with Crippen molar-refractivity contribution in [2.24, 2.45) is 10.9 Å². The molecule has 2 aliphatic rings. The van der Waals surface area contributed by atoms with Crippen molar-refractivity contribution in [3.63, 3.8) is 0 Å². The van der Waals surface area contributed by atoms with Gasteiger partial charge in [-0.05, 0) is 71.0 Å². The number of fused-ring (bicyclic) bond motifs is 7. The van der Waals surface area contributed by atoms with E-state index in [-0.39, 0.29) is 6.04 Å². The van der Waals surface area contributed by atoms with Gasteiger partial charge in [0.2, 0.25) is 5.96 Å². The minimum Gasteiger partial charge on any atom is -0.325 e. The monoisotopic (exact) mass is 571 g/mol. The number of para-hydroxylation sites is 1. The van der Waals surface area contributed by atoms with Crippen LogP contribution in [-0.2, 0) is 6.42 Å². The van der Waals surface area contributed by atoms with E-state index in [2.05, 4.69) is 144 Å². The van der Waals surface area contributed by atoms with Crippen LogP contribution in [0.3, 0.4) is 0 Å². The minimum atomic E-state index is -0.0781. The van der Waals surface area contributed by atoms with E-state index >= 15 is 0 Å². The van der Waals surface area contributed by atoms with Gasteiger partial charge in [0.15, 0.2) is 0 Å². The van der Waals surface area contributed by atoms with Crippen LogP contribution in [0.25, 0.3) is 48.3 Å². The number of nitrogens with zero attached hydrogens (tertiary/aromatic N) is 2. The molecular weight excluding hydrogens is 543 g/mol. The Hall–Kier alpha value is -4.93. The number of hydrogen-bond acceptors (Lipinski definition) is 3. The molecule has 0 bridgehead atoms. The number of nitrogens with one attached hydrogen (secondary N) is 1. The number of hydrogen-bond donors (Lipinski definition) is 1. The van der Waals surface area contributed by atoms with E-state index in [0.717, 1.165) is 18.1 Å². The third kappa shape index (κ3) is 3.90. The van der Waals surface area contributed by atoms with E-state index in [1.165, 1.54) is 64.6 Å². The van der Waals surface area contributed by atoms with Crippen molar-refractivity contribution in [2.75, 3.05) is 5.32 Å². The van der Waals surface area contributed by atoms with Crippen LogP contribution in [0.1, 0.15) is 35.3 Å². The molecule has 2 unspecified atom stereocenters. The standard InChI is InChI=1S/C39H29N3S/c1-24-15-19-34-31(21-24)28-18-16-27(26-17-20-37-32(22-26)29-11-6-8-14-36(29)43-37)23-35(28)42(34)39-40-33-13-7-5-12-30(33)38(41-39)25-9-3-2-4-10-25/h2-20,22-24,38H,21H2,1H3,(H,40,41). The number of aliphatic imine (C=N–C) groups is 1. The summed E-state index contributed by atoms with van der Waals surface area (Å²) >= 11 is 1.86. The molecule has 1 aliphatic heterocycles. The molecule has 7 aromatic rings. The van der Waals surface area contributed by atoms with Crippen LogP contribution < -0.4 is 5.32 Å². The molecule has 5 aromatic carbocycles. The Morgan fingerprint density at radius 3 is 2.44 bits per heavy atom. The summed E-state index contributed by atoms with van der Waals surface area (Å²) in [4.78, 5) is 5.42. The van der Waals surface area contributed by atoms with Gasteiger partial charge in [-0.3, -0.25) is 4.57 Å². The lowest BCUT2D eigenvalue weighted by atomic mass is 9.92. The number of thiophene rings is 1. The Morgan fingerprint density at radius 2 is 1.51 bits per heavy atom. The van der Waals surface area contributed by atoms with Crippen LogP contribution in [0.2, 0.25) is 0 Å². The largest absolute Gasteiger partial charge is 0.325 e.